The summed E-state index contributed by atoms with van der Waals surface area (Å²) in [5.41, 5.74) is 2.71. The molecule has 0 spiro atoms. The lowest BCUT2D eigenvalue weighted by molar-refractivity contribution is 0.288. The lowest BCUT2D eigenvalue weighted by atomic mass is 9.85. The fourth-order valence-electron chi connectivity index (χ4n) is 2.16. The van der Waals surface area contributed by atoms with Crippen molar-refractivity contribution in [3.8, 4) is 5.75 Å². The van der Waals surface area contributed by atoms with E-state index < -0.39 is 0 Å². The second-order valence-corrected chi connectivity index (χ2v) is 6.33. The Kier molecular flexibility index (Phi) is 3.96. The van der Waals surface area contributed by atoms with Crippen molar-refractivity contribution in [2.45, 2.75) is 45.6 Å². The maximum atomic E-state index is 6.13. The summed E-state index contributed by atoms with van der Waals surface area (Å²) in [5, 5.41) is 3.23. The molecule has 0 aromatic heterocycles. The predicted octanol–water partition coefficient (Wildman–Crippen LogP) is 3.49. The van der Waals surface area contributed by atoms with Gasteiger partial charge in [0, 0.05) is 12.1 Å². The van der Waals surface area contributed by atoms with Crippen LogP contribution in [0.25, 0.3) is 0 Å². The number of hydrogen-bond acceptors (Lipinski definition) is 2. The number of nitrogens with one attached hydrogen (secondary N) is 1. The summed E-state index contributed by atoms with van der Waals surface area (Å²) in [6.07, 6.45) is 2.66. The molecule has 1 N–H and O–H groups in total. The van der Waals surface area contributed by atoms with Crippen LogP contribution in [0.5, 0.6) is 5.75 Å². The maximum Gasteiger partial charge on any atom is 0.127 e. The van der Waals surface area contributed by atoms with Crippen molar-refractivity contribution in [2.24, 2.45) is 5.92 Å². The van der Waals surface area contributed by atoms with E-state index >= 15 is 0 Å². The standard InChI is InChI=1S/C16H25NO/c1-16(2,3)14-7-5-6-13(10-17-4)15(14)18-11-12-8-9-12/h5-7,12,17H,8-11H2,1-4H3. The highest BCUT2D eigenvalue weighted by Gasteiger charge is 2.25. The summed E-state index contributed by atoms with van der Waals surface area (Å²) in [6, 6.07) is 6.49. The minimum absolute atomic E-state index is 0.128. The van der Waals surface area contributed by atoms with Crippen LogP contribution < -0.4 is 10.1 Å². The first kappa shape index (κ1) is 13.4. The van der Waals surface area contributed by atoms with Crippen LogP contribution in [-0.2, 0) is 12.0 Å². The minimum atomic E-state index is 0.128. The van der Waals surface area contributed by atoms with Crippen molar-refractivity contribution in [1.82, 2.24) is 5.32 Å². The number of benzene rings is 1. The number of rotatable bonds is 5. The molecule has 2 rings (SSSR count). The van der Waals surface area contributed by atoms with Gasteiger partial charge < -0.3 is 10.1 Å². The quantitative estimate of drug-likeness (QED) is 0.860. The summed E-state index contributed by atoms with van der Waals surface area (Å²) in [7, 11) is 1.98. The first-order valence-corrected chi connectivity index (χ1v) is 6.92. The van der Waals surface area contributed by atoms with Crippen molar-refractivity contribution in [3.05, 3.63) is 29.3 Å². The van der Waals surface area contributed by atoms with E-state index in [2.05, 4.69) is 44.3 Å². The lowest BCUT2D eigenvalue weighted by Crippen LogP contribution is -2.17. The number of ether oxygens (including phenoxy) is 1. The van der Waals surface area contributed by atoms with Gasteiger partial charge in [-0.3, -0.25) is 0 Å². The van der Waals surface area contributed by atoms with Gasteiger partial charge in [-0.05, 0) is 36.8 Å². The third kappa shape index (κ3) is 3.26. The van der Waals surface area contributed by atoms with E-state index in [1.165, 1.54) is 24.0 Å². The number of hydrogen-bond donors (Lipinski definition) is 1. The molecule has 18 heavy (non-hydrogen) atoms. The minimum Gasteiger partial charge on any atom is -0.493 e. The Morgan fingerprint density at radius 3 is 2.56 bits per heavy atom. The molecular weight excluding hydrogens is 222 g/mol. The third-order valence-electron chi connectivity index (χ3n) is 3.43. The lowest BCUT2D eigenvalue weighted by Gasteiger charge is -2.25. The van der Waals surface area contributed by atoms with E-state index in [1.54, 1.807) is 0 Å². The van der Waals surface area contributed by atoms with Gasteiger partial charge in [0.1, 0.15) is 5.75 Å². The van der Waals surface area contributed by atoms with Crippen LogP contribution in [0.4, 0.5) is 0 Å². The molecule has 1 aliphatic carbocycles. The Morgan fingerprint density at radius 1 is 1.28 bits per heavy atom. The largest absolute Gasteiger partial charge is 0.493 e. The molecule has 2 heteroatoms. The Balaban J connectivity index is 2.28. The molecule has 0 saturated heterocycles. The molecule has 0 atom stereocenters. The molecular formula is C16H25NO. The summed E-state index contributed by atoms with van der Waals surface area (Å²) in [6.45, 7) is 8.48. The molecule has 0 aliphatic heterocycles. The van der Waals surface area contributed by atoms with Crippen molar-refractivity contribution in [1.29, 1.82) is 0 Å². The molecule has 1 aromatic rings. The Morgan fingerprint density at radius 2 is 2.00 bits per heavy atom. The van der Waals surface area contributed by atoms with Crippen molar-refractivity contribution in [3.63, 3.8) is 0 Å². The van der Waals surface area contributed by atoms with Gasteiger partial charge in [0.05, 0.1) is 6.61 Å². The highest BCUT2D eigenvalue weighted by atomic mass is 16.5. The zero-order chi connectivity index (χ0) is 13.2. The van der Waals surface area contributed by atoms with E-state index in [1.807, 2.05) is 7.05 Å². The monoisotopic (exact) mass is 247 g/mol. The van der Waals surface area contributed by atoms with Crippen molar-refractivity contribution in [2.75, 3.05) is 13.7 Å². The van der Waals surface area contributed by atoms with Crippen LogP contribution in [-0.4, -0.2) is 13.7 Å². The number of para-hydroxylation sites is 1. The van der Waals surface area contributed by atoms with Crippen LogP contribution in [0.2, 0.25) is 0 Å². The van der Waals surface area contributed by atoms with Crippen molar-refractivity contribution < 1.29 is 4.74 Å². The van der Waals surface area contributed by atoms with Gasteiger partial charge in [0.25, 0.3) is 0 Å². The van der Waals surface area contributed by atoms with Gasteiger partial charge in [-0.15, -0.1) is 0 Å². The fraction of sp³-hybridized carbons (Fsp3) is 0.625. The molecule has 1 fully saturated rings. The predicted molar refractivity (Wildman–Crippen MR) is 76.1 cm³/mol. The van der Waals surface area contributed by atoms with Crippen molar-refractivity contribution >= 4 is 0 Å². The second-order valence-electron chi connectivity index (χ2n) is 6.33. The van der Waals surface area contributed by atoms with E-state index in [0.717, 1.165) is 24.8 Å². The molecule has 2 nitrogen and oxygen atoms in total. The zero-order valence-corrected chi connectivity index (χ0v) is 12.0. The SMILES string of the molecule is CNCc1cccc(C(C)(C)C)c1OCC1CC1. The van der Waals surface area contributed by atoms with E-state index in [-0.39, 0.29) is 5.41 Å². The Hall–Kier alpha value is -1.02. The molecule has 1 aromatic carbocycles. The molecule has 1 saturated carbocycles. The van der Waals surface area contributed by atoms with Gasteiger partial charge in [0.2, 0.25) is 0 Å². The maximum absolute atomic E-state index is 6.13. The van der Waals surface area contributed by atoms with E-state index in [4.69, 9.17) is 4.74 Å². The summed E-state index contributed by atoms with van der Waals surface area (Å²) in [4.78, 5) is 0. The first-order chi connectivity index (χ1) is 8.52. The van der Waals surface area contributed by atoms with Gasteiger partial charge in [-0.2, -0.15) is 0 Å². The topological polar surface area (TPSA) is 21.3 Å². The van der Waals surface area contributed by atoms with Gasteiger partial charge in [-0.25, -0.2) is 0 Å². The van der Waals surface area contributed by atoms with Crippen LogP contribution in [0.3, 0.4) is 0 Å². The third-order valence-corrected chi connectivity index (χ3v) is 3.43. The van der Waals surface area contributed by atoms with Gasteiger partial charge in [0.15, 0.2) is 0 Å². The summed E-state index contributed by atoms with van der Waals surface area (Å²) < 4.78 is 6.13. The van der Waals surface area contributed by atoms with Crippen LogP contribution in [0, 0.1) is 5.92 Å². The average molecular weight is 247 g/mol. The Labute approximate surface area is 111 Å². The van der Waals surface area contributed by atoms with Crippen LogP contribution in [0.15, 0.2) is 18.2 Å². The van der Waals surface area contributed by atoms with Crippen LogP contribution >= 0.6 is 0 Å². The normalized spacial score (nSPS) is 15.8. The zero-order valence-electron chi connectivity index (χ0n) is 12.0. The van der Waals surface area contributed by atoms with Gasteiger partial charge >= 0.3 is 0 Å². The molecule has 0 heterocycles. The summed E-state index contributed by atoms with van der Waals surface area (Å²) in [5.74, 6) is 1.90. The molecule has 0 radical (unpaired) electrons. The molecule has 100 valence electrons. The fourth-order valence-corrected chi connectivity index (χ4v) is 2.16. The highest BCUT2D eigenvalue weighted by molar-refractivity contribution is 5.45. The molecule has 0 amide bonds. The average Bonchev–Trinajstić information content (AvgIpc) is 3.10. The van der Waals surface area contributed by atoms with E-state index in [9.17, 15) is 0 Å². The highest BCUT2D eigenvalue weighted by Crippen LogP contribution is 2.36. The summed E-state index contributed by atoms with van der Waals surface area (Å²) >= 11 is 0. The van der Waals surface area contributed by atoms with Gasteiger partial charge in [-0.1, -0.05) is 39.0 Å². The molecule has 1 aliphatic rings. The molecule has 0 unspecified atom stereocenters. The first-order valence-electron chi connectivity index (χ1n) is 6.92. The second kappa shape index (κ2) is 5.31. The van der Waals surface area contributed by atoms with Crippen LogP contribution in [0.1, 0.15) is 44.7 Å². The Bertz CT molecular complexity index is 402. The van der Waals surface area contributed by atoms with E-state index in [0.29, 0.717) is 0 Å². The molecule has 0 bridgehead atoms. The smallest absolute Gasteiger partial charge is 0.127 e.